The van der Waals surface area contributed by atoms with Gasteiger partial charge in [-0.2, -0.15) is 0 Å². The molecule has 1 fully saturated rings. The molecule has 1 aliphatic heterocycles. The molecule has 1 saturated heterocycles. The third kappa shape index (κ3) is 4.58. The predicted octanol–water partition coefficient (Wildman–Crippen LogP) is 5.18. The summed E-state index contributed by atoms with van der Waals surface area (Å²) < 4.78 is 2.03. The molecule has 1 N–H and O–H groups in total. The summed E-state index contributed by atoms with van der Waals surface area (Å²) in [6.45, 7) is 7.92. The van der Waals surface area contributed by atoms with Crippen LogP contribution in [0.5, 0.6) is 0 Å². The zero-order chi connectivity index (χ0) is 23.7. The van der Waals surface area contributed by atoms with Crippen LogP contribution in [-0.2, 0) is 4.79 Å². The molecule has 1 amide bonds. The van der Waals surface area contributed by atoms with Gasteiger partial charge in [-0.3, -0.25) is 18.9 Å². The first-order valence-corrected chi connectivity index (χ1v) is 12.1. The van der Waals surface area contributed by atoms with E-state index in [0.717, 1.165) is 17.5 Å². The fourth-order valence-electron chi connectivity index (χ4n) is 3.70. The number of anilines is 1. The van der Waals surface area contributed by atoms with E-state index in [2.05, 4.69) is 5.32 Å². The van der Waals surface area contributed by atoms with Crippen LogP contribution in [0.15, 0.2) is 58.4 Å². The number of aryl methyl sites for hydroxylation is 1. The Morgan fingerprint density at radius 3 is 2.58 bits per heavy atom. The van der Waals surface area contributed by atoms with E-state index in [1.54, 1.807) is 17.2 Å². The number of aromatic nitrogens is 2. The van der Waals surface area contributed by atoms with Gasteiger partial charge >= 0.3 is 0 Å². The van der Waals surface area contributed by atoms with Crippen molar-refractivity contribution in [2.45, 2.75) is 46.2 Å². The summed E-state index contributed by atoms with van der Waals surface area (Å²) in [6, 6.07) is 13.6. The number of nitrogens with one attached hydrogen (secondary N) is 1. The highest BCUT2D eigenvalue weighted by atomic mass is 32.2. The number of nitrogens with zero attached hydrogens (tertiary/aromatic N) is 3. The van der Waals surface area contributed by atoms with E-state index in [1.165, 1.54) is 16.2 Å². The van der Waals surface area contributed by atoms with Crippen LogP contribution in [0.25, 0.3) is 11.7 Å². The molecule has 33 heavy (non-hydrogen) atoms. The number of pyridine rings is 1. The normalized spacial score (nSPS) is 17.1. The molecule has 3 aromatic rings. The maximum atomic E-state index is 13.5. The van der Waals surface area contributed by atoms with Gasteiger partial charge in [0.1, 0.15) is 15.8 Å². The maximum absolute atomic E-state index is 13.5. The van der Waals surface area contributed by atoms with Gasteiger partial charge < -0.3 is 5.32 Å². The van der Waals surface area contributed by atoms with E-state index in [1.807, 2.05) is 70.2 Å². The first-order valence-electron chi connectivity index (χ1n) is 10.9. The van der Waals surface area contributed by atoms with Gasteiger partial charge in [0.2, 0.25) is 0 Å². The highest BCUT2D eigenvalue weighted by Gasteiger charge is 2.35. The molecule has 4 rings (SSSR count). The van der Waals surface area contributed by atoms with Crippen molar-refractivity contribution in [3.8, 4) is 0 Å². The van der Waals surface area contributed by atoms with E-state index < -0.39 is 0 Å². The van der Waals surface area contributed by atoms with E-state index >= 15 is 0 Å². The second-order valence-corrected chi connectivity index (χ2v) is 9.88. The zero-order valence-corrected chi connectivity index (χ0v) is 20.7. The Bertz CT molecular complexity index is 1320. The lowest BCUT2D eigenvalue weighted by molar-refractivity contribution is -0.123. The van der Waals surface area contributed by atoms with Crippen molar-refractivity contribution < 1.29 is 4.79 Å². The molecule has 0 aliphatic carbocycles. The molecular weight excluding hydrogens is 452 g/mol. The number of amides is 1. The van der Waals surface area contributed by atoms with Gasteiger partial charge in [-0.25, -0.2) is 4.98 Å². The van der Waals surface area contributed by atoms with E-state index in [9.17, 15) is 9.59 Å². The second-order valence-electron chi connectivity index (χ2n) is 8.20. The molecule has 0 spiro atoms. The first-order chi connectivity index (χ1) is 15.8. The summed E-state index contributed by atoms with van der Waals surface area (Å²) in [6.07, 6.45) is 4.18. The van der Waals surface area contributed by atoms with E-state index in [0.29, 0.717) is 26.3 Å². The minimum atomic E-state index is -0.236. The highest BCUT2D eigenvalue weighted by molar-refractivity contribution is 8.26. The standard InChI is InChI=1S/C25H26N4O2S2/c1-5-16(3)29-24(31)20(33-25(29)32)13-19-22(26-17(4)18-9-7-6-8-10-18)27-21-12-11-15(2)14-28(21)23(19)30/h6-14,16-17,26H,5H2,1-4H3/b20-13-. The average molecular weight is 479 g/mol. The summed E-state index contributed by atoms with van der Waals surface area (Å²) in [7, 11) is 0. The minimum Gasteiger partial charge on any atom is -0.363 e. The Labute approximate surface area is 202 Å². The van der Waals surface area contributed by atoms with Crippen molar-refractivity contribution in [1.82, 2.24) is 14.3 Å². The molecule has 0 saturated carbocycles. The number of hydrogen-bond donors (Lipinski definition) is 1. The van der Waals surface area contributed by atoms with Crippen LogP contribution in [-0.4, -0.2) is 30.6 Å². The number of rotatable bonds is 6. The monoisotopic (exact) mass is 478 g/mol. The van der Waals surface area contributed by atoms with Crippen molar-refractivity contribution >= 4 is 51.7 Å². The zero-order valence-electron chi connectivity index (χ0n) is 19.0. The first kappa shape index (κ1) is 23.2. The molecule has 2 atom stereocenters. The molecule has 8 heteroatoms. The van der Waals surface area contributed by atoms with Crippen LogP contribution in [0, 0.1) is 6.92 Å². The highest BCUT2D eigenvalue weighted by Crippen LogP contribution is 2.35. The molecule has 0 bridgehead atoms. The van der Waals surface area contributed by atoms with Gasteiger partial charge in [-0.15, -0.1) is 0 Å². The number of benzene rings is 1. The Kier molecular flexibility index (Phi) is 6.67. The fraction of sp³-hybridized carbons (Fsp3) is 0.280. The SMILES string of the molecule is CCC(C)N1C(=O)/C(=C/c2c(NC(C)c3ccccc3)nc3ccc(C)cn3c2=O)SC1=S. The molecule has 6 nitrogen and oxygen atoms in total. The van der Waals surface area contributed by atoms with Gasteiger partial charge in [-0.1, -0.05) is 67.3 Å². The van der Waals surface area contributed by atoms with E-state index in [-0.39, 0.29) is 23.6 Å². The van der Waals surface area contributed by atoms with Gasteiger partial charge in [0, 0.05) is 18.3 Å². The van der Waals surface area contributed by atoms with Gasteiger partial charge in [-0.05, 0) is 50.5 Å². The Morgan fingerprint density at radius 1 is 1.15 bits per heavy atom. The average Bonchev–Trinajstić information content (AvgIpc) is 3.09. The molecule has 2 unspecified atom stereocenters. The molecule has 1 aromatic carbocycles. The molecule has 3 heterocycles. The lowest BCUT2D eigenvalue weighted by Gasteiger charge is -2.21. The van der Waals surface area contributed by atoms with Crippen LogP contribution < -0.4 is 10.9 Å². The Balaban J connectivity index is 1.84. The van der Waals surface area contributed by atoms with Crippen molar-refractivity contribution in [3.05, 3.63) is 80.6 Å². The topological polar surface area (TPSA) is 66.7 Å². The molecule has 170 valence electrons. The van der Waals surface area contributed by atoms with Gasteiger partial charge in [0.25, 0.3) is 11.5 Å². The largest absolute Gasteiger partial charge is 0.363 e. The van der Waals surface area contributed by atoms with Crippen molar-refractivity contribution in [3.63, 3.8) is 0 Å². The number of fused-ring (bicyclic) bond motifs is 1. The van der Waals surface area contributed by atoms with Crippen molar-refractivity contribution in [1.29, 1.82) is 0 Å². The van der Waals surface area contributed by atoms with Crippen molar-refractivity contribution in [2.24, 2.45) is 0 Å². The Hall–Kier alpha value is -2.97. The van der Waals surface area contributed by atoms with Gasteiger partial charge in [0.15, 0.2) is 0 Å². The number of hydrogen-bond acceptors (Lipinski definition) is 6. The number of thiocarbonyl (C=S) groups is 1. The maximum Gasteiger partial charge on any atom is 0.267 e. The minimum absolute atomic E-state index is 0.00225. The lowest BCUT2D eigenvalue weighted by atomic mass is 10.1. The summed E-state index contributed by atoms with van der Waals surface area (Å²) >= 11 is 6.69. The number of carbonyl (C=O) groups excluding carboxylic acids is 1. The second kappa shape index (κ2) is 9.49. The summed E-state index contributed by atoms with van der Waals surface area (Å²) in [5.41, 5.74) is 2.65. The summed E-state index contributed by atoms with van der Waals surface area (Å²) in [5.74, 6) is 0.268. The molecule has 0 radical (unpaired) electrons. The summed E-state index contributed by atoms with van der Waals surface area (Å²) in [4.78, 5) is 33.4. The van der Waals surface area contributed by atoms with Crippen LogP contribution in [0.1, 0.15) is 49.9 Å². The van der Waals surface area contributed by atoms with Gasteiger partial charge in [0.05, 0.1) is 10.5 Å². The molecular formula is C25H26N4O2S2. The van der Waals surface area contributed by atoms with Crippen LogP contribution >= 0.6 is 24.0 Å². The number of thioether (sulfide) groups is 1. The van der Waals surface area contributed by atoms with Crippen molar-refractivity contribution in [2.75, 3.05) is 5.32 Å². The molecule has 2 aromatic heterocycles. The third-order valence-electron chi connectivity index (χ3n) is 5.79. The smallest absolute Gasteiger partial charge is 0.267 e. The Morgan fingerprint density at radius 2 is 1.88 bits per heavy atom. The quantitative estimate of drug-likeness (QED) is 0.389. The van der Waals surface area contributed by atoms with E-state index in [4.69, 9.17) is 17.2 Å². The van der Waals surface area contributed by atoms with Crippen LogP contribution in [0.3, 0.4) is 0 Å². The fourth-order valence-corrected chi connectivity index (χ4v) is 5.15. The van der Waals surface area contributed by atoms with Crippen LogP contribution in [0.4, 0.5) is 5.82 Å². The summed E-state index contributed by atoms with van der Waals surface area (Å²) in [5, 5.41) is 3.38. The molecule has 1 aliphatic rings. The van der Waals surface area contributed by atoms with Crippen LogP contribution in [0.2, 0.25) is 0 Å². The number of carbonyl (C=O) groups is 1. The third-order valence-corrected chi connectivity index (χ3v) is 7.12. The predicted molar refractivity (Wildman–Crippen MR) is 139 cm³/mol. The lowest BCUT2D eigenvalue weighted by Crippen LogP contribution is -2.36.